The van der Waals surface area contributed by atoms with Crippen molar-refractivity contribution in [3.63, 3.8) is 0 Å². The Balaban J connectivity index is 2.62. The van der Waals surface area contributed by atoms with Gasteiger partial charge < -0.3 is 20.6 Å². The number of urea groups is 1. The van der Waals surface area contributed by atoms with Crippen LogP contribution in [0.15, 0.2) is 42.1 Å². The van der Waals surface area contributed by atoms with Crippen molar-refractivity contribution in [3.8, 4) is 0 Å². The molecular weight excluding hydrogens is 274 g/mol. The van der Waals surface area contributed by atoms with Gasteiger partial charge in [0.1, 0.15) is 6.04 Å². The van der Waals surface area contributed by atoms with Gasteiger partial charge in [-0.3, -0.25) is 0 Å². The van der Waals surface area contributed by atoms with E-state index < -0.39 is 18.0 Å². The quantitative estimate of drug-likeness (QED) is 0.244. The molecule has 7 heteroatoms. The largest absolute Gasteiger partial charge is 0.467 e. The number of methoxy groups -OCH3 is 1. The average Bonchev–Trinajstić information content (AvgIpc) is 2.48. The van der Waals surface area contributed by atoms with E-state index in [9.17, 15) is 9.59 Å². The highest BCUT2D eigenvalue weighted by Gasteiger charge is 2.19. The number of hydrogen-bond acceptors (Lipinski definition) is 5. The predicted molar refractivity (Wildman–Crippen MR) is 78.6 cm³/mol. The van der Waals surface area contributed by atoms with Crippen molar-refractivity contribution in [2.75, 3.05) is 12.4 Å². The molecular formula is C14H17N3O4. The summed E-state index contributed by atoms with van der Waals surface area (Å²) in [5.74, 6) is -0.542. The SMILES string of the molecule is C=CCC(NC(=O)Nc1ccc(C=NO)cc1)C(=O)OC. The fraction of sp³-hybridized carbons (Fsp3) is 0.214. The molecule has 0 aromatic heterocycles. The first-order valence-corrected chi connectivity index (χ1v) is 6.14. The van der Waals surface area contributed by atoms with Crippen molar-refractivity contribution < 1.29 is 19.5 Å². The molecule has 0 bridgehead atoms. The number of hydrogen-bond donors (Lipinski definition) is 3. The van der Waals surface area contributed by atoms with E-state index in [1.807, 2.05) is 0 Å². The molecule has 0 aliphatic rings. The van der Waals surface area contributed by atoms with E-state index in [0.717, 1.165) is 0 Å². The molecule has 3 N–H and O–H groups in total. The van der Waals surface area contributed by atoms with Crippen LogP contribution in [0.1, 0.15) is 12.0 Å². The molecule has 0 saturated heterocycles. The number of amides is 2. The van der Waals surface area contributed by atoms with Crippen molar-refractivity contribution in [2.45, 2.75) is 12.5 Å². The second-order valence-electron chi connectivity index (χ2n) is 4.07. The predicted octanol–water partition coefficient (Wildman–Crippen LogP) is 1.73. The lowest BCUT2D eigenvalue weighted by Gasteiger charge is -2.15. The second-order valence-corrected chi connectivity index (χ2v) is 4.07. The first kappa shape index (κ1) is 16.2. The van der Waals surface area contributed by atoms with Crippen molar-refractivity contribution in [3.05, 3.63) is 42.5 Å². The lowest BCUT2D eigenvalue weighted by molar-refractivity contribution is -0.142. The molecule has 112 valence electrons. The van der Waals surface area contributed by atoms with E-state index in [1.54, 1.807) is 24.3 Å². The Morgan fingerprint density at radius 1 is 1.43 bits per heavy atom. The highest BCUT2D eigenvalue weighted by Crippen LogP contribution is 2.08. The number of ether oxygens (including phenoxy) is 1. The number of carbonyl (C=O) groups excluding carboxylic acids is 2. The Kier molecular flexibility index (Phi) is 6.46. The van der Waals surface area contributed by atoms with E-state index in [0.29, 0.717) is 11.3 Å². The zero-order valence-corrected chi connectivity index (χ0v) is 11.6. The van der Waals surface area contributed by atoms with Crippen LogP contribution in [0.3, 0.4) is 0 Å². The Hall–Kier alpha value is -2.83. The lowest BCUT2D eigenvalue weighted by atomic mass is 10.2. The minimum Gasteiger partial charge on any atom is -0.467 e. The van der Waals surface area contributed by atoms with Gasteiger partial charge in [0.2, 0.25) is 0 Å². The maximum Gasteiger partial charge on any atom is 0.328 e. The summed E-state index contributed by atoms with van der Waals surface area (Å²) in [6, 6.07) is 5.28. The molecule has 0 aliphatic heterocycles. The van der Waals surface area contributed by atoms with Gasteiger partial charge >= 0.3 is 12.0 Å². The maximum absolute atomic E-state index is 11.8. The van der Waals surface area contributed by atoms with E-state index >= 15 is 0 Å². The summed E-state index contributed by atoms with van der Waals surface area (Å²) in [4.78, 5) is 23.3. The first-order chi connectivity index (χ1) is 10.1. The van der Waals surface area contributed by atoms with Gasteiger partial charge in [0.25, 0.3) is 0 Å². The molecule has 1 atom stereocenters. The molecule has 1 aromatic carbocycles. The molecule has 0 spiro atoms. The van der Waals surface area contributed by atoms with Crippen LogP contribution in [0.2, 0.25) is 0 Å². The van der Waals surface area contributed by atoms with Crippen LogP contribution in [-0.4, -0.2) is 36.6 Å². The Morgan fingerprint density at radius 2 is 2.10 bits per heavy atom. The zero-order chi connectivity index (χ0) is 15.7. The molecule has 0 fully saturated rings. The maximum atomic E-state index is 11.8. The van der Waals surface area contributed by atoms with Crippen molar-refractivity contribution in [2.24, 2.45) is 5.16 Å². The molecule has 21 heavy (non-hydrogen) atoms. The topological polar surface area (TPSA) is 100 Å². The summed E-state index contributed by atoms with van der Waals surface area (Å²) in [5.41, 5.74) is 1.22. The number of anilines is 1. The van der Waals surface area contributed by atoms with E-state index in [2.05, 4.69) is 27.1 Å². The van der Waals surface area contributed by atoms with E-state index in [4.69, 9.17) is 5.21 Å². The second kappa shape index (κ2) is 8.36. The summed E-state index contributed by atoms with van der Waals surface area (Å²) in [6.45, 7) is 3.52. The van der Waals surface area contributed by atoms with E-state index in [1.165, 1.54) is 19.4 Å². The molecule has 2 amide bonds. The zero-order valence-electron chi connectivity index (χ0n) is 11.6. The van der Waals surface area contributed by atoms with Gasteiger partial charge in [-0.15, -0.1) is 6.58 Å². The molecule has 1 rings (SSSR count). The minimum atomic E-state index is -0.784. The van der Waals surface area contributed by atoms with Crippen LogP contribution < -0.4 is 10.6 Å². The normalized spacial score (nSPS) is 11.7. The highest BCUT2D eigenvalue weighted by atomic mass is 16.5. The number of nitrogens with zero attached hydrogens (tertiary/aromatic N) is 1. The summed E-state index contributed by atoms with van der Waals surface area (Å²) in [6.07, 6.45) is 3.05. The van der Waals surface area contributed by atoms with Gasteiger partial charge in [0.05, 0.1) is 13.3 Å². The van der Waals surface area contributed by atoms with Gasteiger partial charge in [0, 0.05) is 5.69 Å². The molecule has 7 nitrogen and oxygen atoms in total. The summed E-state index contributed by atoms with van der Waals surface area (Å²) < 4.78 is 4.59. The van der Waals surface area contributed by atoms with Gasteiger partial charge in [-0.1, -0.05) is 23.4 Å². The van der Waals surface area contributed by atoms with Crippen LogP contribution in [0.25, 0.3) is 0 Å². The third-order valence-corrected chi connectivity index (χ3v) is 2.57. The number of oxime groups is 1. The Labute approximate surface area is 122 Å². The summed E-state index contributed by atoms with van der Waals surface area (Å²) in [5, 5.41) is 16.4. The van der Waals surface area contributed by atoms with E-state index in [-0.39, 0.29) is 6.42 Å². The van der Waals surface area contributed by atoms with Gasteiger partial charge in [-0.25, -0.2) is 9.59 Å². The summed E-state index contributed by atoms with van der Waals surface area (Å²) in [7, 11) is 1.25. The minimum absolute atomic E-state index is 0.270. The van der Waals surface area contributed by atoms with Crippen LogP contribution in [0.5, 0.6) is 0 Å². The smallest absolute Gasteiger partial charge is 0.328 e. The monoisotopic (exact) mass is 291 g/mol. The fourth-order valence-electron chi connectivity index (χ4n) is 1.57. The molecule has 1 aromatic rings. The fourth-order valence-corrected chi connectivity index (χ4v) is 1.57. The van der Waals surface area contributed by atoms with Gasteiger partial charge in [-0.2, -0.15) is 0 Å². The molecule has 0 aliphatic carbocycles. The third kappa shape index (κ3) is 5.35. The summed E-state index contributed by atoms with van der Waals surface area (Å²) >= 11 is 0. The van der Waals surface area contributed by atoms with Crippen molar-refractivity contribution in [1.29, 1.82) is 0 Å². The van der Waals surface area contributed by atoms with Crippen molar-refractivity contribution in [1.82, 2.24) is 5.32 Å². The molecule has 0 saturated carbocycles. The molecule has 1 unspecified atom stereocenters. The van der Waals surface area contributed by atoms with Gasteiger partial charge in [0.15, 0.2) is 0 Å². The van der Waals surface area contributed by atoms with Crippen molar-refractivity contribution >= 4 is 23.9 Å². The van der Waals surface area contributed by atoms with Crippen LogP contribution in [-0.2, 0) is 9.53 Å². The Bertz CT molecular complexity index is 526. The van der Waals surface area contributed by atoms with Crippen LogP contribution in [0, 0.1) is 0 Å². The number of esters is 1. The first-order valence-electron chi connectivity index (χ1n) is 6.14. The number of carbonyl (C=O) groups is 2. The number of rotatable bonds is 6. The molecule has 0 radical (unpaired) electrons. The molecule has 0 heterocycles. The average molecular weight is 291 g/mol. The van der Waals surface area contributed by atoms with Crippen LogP contribution >= 0.6 is 0 Å². The number of nitrogens with one attached hydrogen (secondary N) is 2. The number of benzene rings is 1. The lowest BCUT2D eigenvalue weighted by Crippen LogP contribution is -2.43. The van der Waals surface area contributed by atoms with Crippen LogP contribution in [0.4, 0.5) is 10.5 Å². The third-order valence-electron chi connectivity index (χ3n) is 2.57. The van der Waals surface area contributed by atoms with Gasteiger partial charge in [-0.05, 0) is 24.1 Å². The Morgan fingerprint density at radius 3 is 2.62 bits per heavy atom. The standard InChI is InChI=1S/C14H17N3O4/c1-3-4-12(13(18)21-2)17-14(19)16-11-7-5-10(6-8-11)9-15-20/h3,5-9,12,20H,1,4H2,2H3,(H2,16,17,19). The highest BCUT2D eigenvalue weighted by molar-refractivity contribution is 5.93.